The Balaban J connectivity index is 0.000000336. The molecule has 0 spiro atoms. The summed E-state index contributed by atoms with van der Waals surface area (Å²) in [4.78, 5) is 1.70. The number of halogens is 4. The minimum atomic E-state index is -3.46. The molecule has 0 aromatic heterocycles. The van der Waals surface area contributed by atoms with Crippen LogP contribution in [0.25, 0.3) is 22.3 Å². The molecule has 0 atom stereocenters. The van der Waals surface area contributed by atoms with Gasteiger partial charge in [0.15, 0.2) is 0 Å². The molecule has 6 N–H and O–H groups in total. The Kier molecular flexibility index (Phi) is 30.2. The zero-order chi connectivity index (χ0) is 53.8. The van der Waals surface area contributed by atoms with Crippen LogP contribution in [-0.4, -0.2) is 48.5 Å². The smallest absolute Gasteiger partial charge is 0.207 e. The third kappa shape index (κ3) is 19.8. The van der Waals surface area contributed by atoms with Gasteiger partial charge in [0, 0.05) is 48.4 Å². The highest BCUT2D eigenvalue weighted by Crippen LogP contribution is 2.45. The van der Waals surface area contributed by atoms with Gasteiger partial charge in [0.25, 0.3) is 0 Å². The monoisotopic (exact) mass is 1240 g/mol. The van der Waals surface area contributed by atoms with Crippen LogP contribution in [0, 0.1) is 0 Å². The van der Waals surface area contributed by atoms with E-state index in [4.69, 9.17) is 0 Å². The minimum Gasteiger partial charge on any atom is -0.412 e. The summed E-state index contributed by atoms with van der Waals surface area (Å²) in [5, 5.41) is 14.1. The van der Waals surface area contributed by atoms with Gasteiger partial charge in [-0.15, -0.1) is 49.6 Å². The Morgan fingerprint density at radius 2 is 0.458 bits per heavy atom. The second-order valence-electron chi connectivity index (χ2n) is 20.8. The lowest BCUT2D eigenvalue weighted by atomic mass is 10.0. The van der Waals surface area contributed by atoms with Crippen LogP contribution in [0.4, 0.5) is 0 Å². The number of benzene rings is 8. The summed E-state index contributed by atoms with van der Waals surface area (Å²) < 4.78 is 52.7. The van der Waals surface area contributed by atoms with E-state index in [9.17, 15) is 16.8 Å². The molecule has 0 amide bonds. The third-order valence-corrected chi connectivity index (χ3v) is 18.6. The molecule has 9 nitrogen and oxygen atoms in total. The van der Waals surface area contributed by atoms with E-state index in [2.05, 4.69) is 167 Å². The predicted octanol–water partition coefficient (Wildman–Crippen LogP) is 14.3. The quantitative estimate of drug-likeness (QED) is 0.0355. The van der Waals surface area contributed by atoms with Gasteiger partial charge in [0.1, 0.15) is 0 Å². The first-order valence-corrected chi connectivity index (χ1v) is 31.2. The lowest BCUT2D eigenvalue weighted by Gasteiger charge is -2.09. The topological polar surface area (TPSA) is 148 Å². The number of sulfone groups is 2. The molecule has 83 heavy (non-hydrogen) atoms. The molecule has 0 radical (unpaired) electrons. The SMILES string of the molecule is Cl.Cl.Cl.Cl.O.O=S1(=O)c2ccc(CNCCCCc3ccccc3)cc2-c2cc(CNCCCCc3ccccc3)ccc21.O=S1(=O)c2ccc(CNCCCCc3ccccc3)cc2-c2cc(CNCCCCc3ccccc3)ccc21. The Bertz CT molecular complexity index is 2980. The second-order valence-corrected chi connectivity index (χ2v) is 24.6. The average Bonchev–Trinajstić information content (AvgIpc) is 1.95. The van der Waals surface area contributed by atoms with Crippen molar-refractivity contribution < 1.29 is 22.3 Å². The molecule has 15 heteroatoms. The maximum Gasteiger partial charge on any atom is 0.207 e. The van der Waals surface area contributed by atoms with E-state index in [1.807, 2.05) is 24.3 Å². The summed E-state index contributed by atoms with van der Waals surface area (Å²) in [6, 6.07) is 65.5. The number of aryl methyl sites for hydroxylation is 4. The number of fused-ring (bicyclic) bond motifs is 6. The molecule has 8 aromatic carbocycles. The molecule has 444 valence electrons. The highest BCUT2D eigenvalue weighted by Gasteiger charge is 2.34. The standard InChI is InChI=1S/2C34H38N2O2S.4ClH.H2O/c2*37-39(38)33-19-17-29(25-35-21-9-7-15-27-11-3-1-4-12-27)23-31(33)32-24-30(18-20-34(32)39)26-36-22-10-8-16-28-13-5-2-6-14-28;;;;;/h2*1-6,11-14,17-20,23-24,35-36H,7-10,15-16,21-22,25-26H2;4*1H;1H2. The molecule has 2 aliphatic rings. The zero-order valence-corrected chi connectivity index (χ0v) is 52.1. The van der Waals surface area contributed by atoms with E-state index in [-0.39, 0.29) is 55.1 Å². The van der Waals surface area contributed by atoms with Crippen LogP contribution in [0.3, 0.4) is 0 Å². The van der Waals surface area contributed by atoms with Crippen LogP contribution >= 0.6 is 49.6 Å². The van der Waals surface area contributed by atoms with Gasteiger partial charge in [0.2, 0.25) is 19.7 Å². The molecule has 0 aliphatic carbocycles. The molecule has 0 saturated carbocycles. The fourth-order valence-corrected chi connectivity index (χ4v) is 13.9. The second kappa shape index (κ2) is 35.8. The lowest BCUT2D eigenvalue weighted by Crippen LogP contribution is -2.15. The molecule has 10 rings (SSSR count). The zero-order valence-electron chi connectivity index (χ0n) is 47.2. The van der Waals surface area contributed by atoms with Crippen LogP contribution in [0.5, 0.6) is 0 Å². The predicted molar refractivity (Wildman–Crippen MR) is 352 cm³/mol. The molecule has 2 heterocycles. The van der Waals surface area contributed by atoms with Crippen LogP contribution in [-0.2, 0) is 71.5 Å². The van der Waals surface area contributed by atoms with Crippen molar-refractivity contribution in [2.24, 2.45) is 0 Å². The minimum absolute atomic E-state index is 0. The summed E-state index contributed by atoms with van der Waals surface area (Å²) in [7, 11) is -6.91. The van der Waals surface area contributed by atoms with E-state index >= 15 is 0 Å². The van der Waals surface area contributed by atoms with Crippen LogP contribution in [0.2, 0.25) is 0 Å². The molecular formula is C68H82Cl4N4O5S2. The number of unbranched alkanes of at least 4 members (excludes halogenated alkanes) is 4. The number of nitrogens with one attached hydrogen (secondary N) is 4. The first-order chi connectivity index (χ1) is 38.2. The molecular weight excluding hydrogens is 1160 g/mol. The average molecular weight is 1240 g/mol. The molecule has 8 aromatic rings. The highest BCUT2D eigenvalue weighted by atomic mass is 35.5. The van der Waals surface area contributed by atoms with Crippen LogP contribution < -0.4 is 21.3 Å². The van der Waals surface area contributed by atoms with E-state index in [0.717, 1.165) is 174 Å². The summed E-state index contributed by atoms with van der Waals surface area (Å²) in [6.45, 7) is 6.72. The van der Waals surface area contributed by atoms with Gasteiger partial charge in [-0.1, -0.05) is 146 Å². The maximum absolute atomic E-state index is 13.2. The summed E-state index contributed by atoms with van der Waals surface area (Å²) >= 11 is 0. The first kappa shape index (κ1) is 70.1. The van der Waals surface area contributed by atoms with Gasteiger partial charge in [-0.25, -0.2) is 16.8 Å². The largest absolute Gasteiger partial charge is 0.412 e. The molecule has 2 aliphatic heterocycles. The normalized spacial score (nSPS) is 12.4. The van der Waals surface area contributed by atoms with Crippen molar-refractivity contribution >= 4 is 69.3 Å². The molecule has 0 saturated heterocycles. The lowest BCUT2D eigenvalue weighted by molar-refractivity contribution is 0.596. The Labute approximate surface area is 519 Å². The first-order valence-electron chi connectivity index (χ1n) is 28.2. The third-order valence-electron chi connectivity index (χ3n) is 14.9. The number of hydrogen-bond acceptors (Lipinski definition) is 8. The van der Waals surface area contributed by atoms with Gasteiger partial charge in [-0.3, -0.25) is 0 Å². The van der Waals surface area contributed by atoms with E-state index in [1.54, 1.807) is 24.3 Å². The van der Waals surface area contributed by atoms with Gasteiger partial charge in [-0.05, 0) is 196 Å². The van der Waals surface area contributed by atoms with Crippen LogP contribution in [0.15, 0.2) is 214 Å². The van der Waals surface area contributed by atoms with E-state index < -0.39 is 19.7 Å². The number of hydrogen-bond donors (Lipinski definition) is 4. The van der Waals surface area contributed by atoms with Crippen LogP contribution in [0.1, 0.15) is 95.9 Å². The number of rotatable bonds is 28. The van der Waals surface area contributed by atoms with E-state index in [0.29, 0.717) is 19.6 Å². The summed E-state index contributed by atoms with van der Waals surface area (Å²) in [5.41, 5.74) is 13.3. The Morgan fingerprint density at radius 1 is 0.253 bits per heavy atom. The van der Waals surface area contributed by atoms with E-state index in [1.165, 1.54) is 22.3 Å². The van der Waals surface area contributed by atoms with Crippen molar-refractivity contribution in [3.05, 3.63) is 239 Å². The van der Waals surface area contributed by atoms with Crippen molar-refractivity contribution in [3.63, 3.8) is 0 Å². The van der Waals surface area contributed by atoms with Crippen molar-refractivity contribution in [2.75, 3.05) is 26.2 Å². The molecule has 0 bridgehead atoms. The molecule has 0 unspecified atom stereocenters. The fraction of sp³-hybridized carbons (Fsp3) is 0.294. The van der Waals surface area contributed by atoms with Gasteiger partial charge < -0.3 is 26.7 Å². The molecule has 0 fully saturated rings. The Morgan fingerprint density at radius 3 is 0.663 bits per heavy atom. The van der Waals surface area contributed by atoms with Crippen molar-refractivity contribution in [1.82, 2.24) is 21.3 Å². The van der Waals surface area contributed by atoms with Gasteiger partial charge in [0.05, 0.1) is 19.6 Å². The summed E-state index contributed by atoms with van der Waals surface area (Å²) in [5.74, 6) is 0. The fourth-order valence-electron chi connectivity index (χ4n) is 10.6. The maximum atomic E-state index is 13.2. The van der Waals surface area contributed by atoms with Crippen molar-refractivity contribution in [2.45, 2.75) is 123 Å². The Hall–Kier alpha value is -5.38. The van der Waals surface area contributed by atoms with Crippen molar-refractivity contribution in [3.8, 4) is 22.3 Å². The van der Waals surface area contributed by atoms with Gasteiger partial charge >= 0.3 is 0 Å². The van der Waals surface area contributed by atoms with Gasteiger partial charge in [-0.2, -0.15) is 0 Å². The highest BCUT2D eigenvalue weighted by molar-refractivity contribution is 7.92. The summed E-state index contributed by atoms with van der Waals surface area (Å²) in [6.07, 6.45) is 13.4. The van der Waals surface area contributed by atoms with Crippen molar-refractivity contribution in [1.29, 1.82) is 0 Å².